The molecule has 0 bridgehead atoms. The summed E-state index contributed by atoms with van der Waals surface area (Å²) in [6, 6.07) is 10.6. The molecule has 11 heteroatoms. The highest BCUT2D eigenvalue weighted by molar-refractivity contribution is 6.09. The molecule has 0 aliphatic carbocycles. The molecule has 4 aromatic heterocycles. The molecule has 184 valence electrons. The number of fused-ring (bicyclic) bond motifs is 1. The zero-order valence-electron chi connectivity index (χ0n) is 20.1. The Morgan fingerprint density at radius 2 is 2.00 bits per heavy atom. The molecule has 37 heavy (non-hydrogen) atoms. The van der Waals surface area contributed by atoms with Crippen LogP contribution in [0.25, 0.3) is 33.7 Å². The van der Waals surface area contributed by atoms with Crippen LogP contribution in [-0.2, 0) is 0 Å². The summed E-state index contributed by atoms with van der Waals surface area (Å²) in [5.41, 5.74) is 5.26. The highest BCUT2D eigenvalue weighted by Crippen LogP contribution is 2.27. The monoisotopic (exact) mass is 493 g/mol. The van der Waals surface area contributed by atoms with E-state index in [4.69, 9.17) is 4.52 Å². The largest absolute Gasteiger partial charge is 0.339 e. The van der Waals surface area contributed by atoms with Gasteiger partial charge in [-0.1, -0.05) is 36.0 Å². The van der Waals surface area contributed by atoms with Gasteiger partial charge in [-0.3, -0.25) is 14.9 Å². The van der Waals surface area contributed by atoms with E-state index >= 15 is 0 Å². The summed E-state index contributed by atoms with van der Waals surface area (Å²) in [5.74, 6) is 0.944. The summed E-state index contributed by atoms with van der Waals surface area (Å²) in [4.78, 5) is 32.8. The molecule has 0 radical (unpaired) electrons. The number of hydrogen-bond donors (Lipinski definition) is 3. The Labute approximate surface area is 211 Å². The number of benzene rings is 1. The molecule has 2 amide bonds. The molecule has 0 atom stereocenters. The summed E-state index contributed by atoms with van der Waals surface area (Å²) < 4.78 is 7.08. The number of anilines is 2. The van der Waals surface area contributed by atoms with E-state index in [0.29, 0.717) is 17.0 Å². The topological polar surface area (TPSA) is 139 Å². The molecule has 3 N–H and O–H groups in total. The van der Waals surface area contributed by atoms with E-state index in [-0.39, 0.29) is 5.88 Å². The van der Waals surface area contributed by atoms with E-state index in [1.165, 1.54) is 6.33 Å². The molecule has 0 spiro atoms. The van der Waals surface area contributed by atoms with Crippen LogP contribution < -0.4 is 10.6 Å². The minimum atomic E-state index is -0.463. The molecule has 0 aliphatic rings. The minimum Gasteiger partial charge on any atom is -0.339 e. The van der Waals surface area contributed by atoms with Gasteiger partial charge >= 0.3 is 6.03 Å². The number of hydrogen-bond acceptors (Lipinski definition) is 7. The second-order valence-electron chi connectivity index (χ2n) is 8.04. The third-order valence-electron chi connectivity index (χ3n) is 5.42. The van der Waals surface area contributed by atoms with Crippen molar-refractivity contribution in [1.82, 2.24) is 29.7 Å². The number of allylic oxidation sites excluding steroid dienone is 3. The van der Waals surface area contributed by atoms with E-state index in [2.05, 4.69) is 47.3 Å². The first-order valence-corrected chi connectivity index (χ1v) is 11.3. The Bertz CT molecular complexity index is 1640. The lowest BCUT2D eigenvalue weighted by Crippen LogP contribution is -2.18. The number of H-pyrrole nitrogens is 1. The fourth-order valence-corrected chi connectivity index (χ4v) is 3.76. The van der Waals surface area contributed by atoms with Crippen molar-refractivity contribution < 1.29 is 9.32 Å². The lowest BCUT2D eigenvalue weighted by molar-refractivity contribution is 0.261. The molecular formula is C26H23N9O2. The first kappa shape index (κ1) is 23.4. The third-order valence-corrected chi connectivity index (χ3v) is 5.42. The summed E-state index contributed by atoms with van der Waals surface area (Å²) >= 11 is 0. The van der Waals surface area contributed by atoms with Crippen LogP contribution >= 0.6 is 0 Å². The fraction of sp³-hybridized carbons (Fsp3) is 0.0769. The van der Waals surface area contributed by atoms with Crippen LogP contribution in [0.2, 0.25) is 0 Å². The maximum Gasteiger partial charge on any atom is 0.326 e. The lowest BCUT2D eigenvalue weighted by atomic mass is 10.1. The number of carbonyl (C=O) groups excluding carboxylic acids is 1. The molecule has 11 nitrogen and oxygen atoms in total. The number of carbonyl (C=O) groups is 1. The molecule has 4 heterocycles. The predicted molar refractivity (Wildman–Crippen MR) is 143 cm³/mol. The first-order chi connectivity index (χ1) is 18.0. The van der Waals surface area contributed by atoms with Crippen LogP contribution in [-0.4, -0.2) is 49.0 Å². The Balaban J connectivity index is 1.28. The van der Waals surface area contributed by atoms with Crippen molar-refractivity contribution in [2.45, 2.75) is 6.92 Å². The number of nitrogens with one attached hydrogen (secondary N) is 3. The van der Waals surface area contributed by atoms with Crippen LogP contribution in [0.1, 0.15) is 11.4 Å². The van der Waals surface area contributed by atoms with E-state index in [0.717, 1.165) is 33.8 Å². The van der Waals surface area contributed by atoms with Crippen molar-refractivity contribution in [2.24, 2.45) is 4.99 Å². The first-order valence-electron chi connectivity index (χ1n) is 11.3. The van der Waals surface area contributed by atoms with E-state index in [1.807, 2.05) is 35.9 Å². The molecule has 5 rings (SSSR count). The average molecular weight is 494 g/mol. The van der Waals surface area contributed by atoms with Crippen molar-refractivity contribution >= 4 is 40.4 Å². The minimum absolute atomic E-state index is 0.201. The number of aryl methyl sites for hydroxylation is 1. The van der Waals surface area contributed by atoms with Gasteiger partial charge in [0.15, 0.2) is 5.82 Å². The second-order valence-corrected chi connectivity index (χ2v) is 8.04. The summed E-state index contributed by atoms with van der Waals surface area (Å²) in [5, 5.41) is 10.2. The van der Waals surface area contributed by atoms with Gasteiger partial charge in [0.1, 0.15) is 24.0 Å². The third kappa shape index (κ3) is 5.05. The number of urea groups is 1. The van der Waals surface area contributed by atoms with E-state index in [9.17, 15) is 4.79 Å². The normalized spacial score (nSPS) is 11.8. The second kappa shape index (κ2) is 10.1. The van der Waals surface area contributed by atoms with Gasteiger partial charge in [-0.15, -0.1) is 0 Å². The van der Waals surface area contributed by atoms with Crippen LogP contribution in [0, 0.1) is 6.92 Å². The molecule has 0 unspecified atom stereocenters. The number of amides is 2. The summed E-state index contributed by atoms with van der Waals surface area (Å²) in [7, 11) is 1.65. The maximum absolute atomic E-state index is 12.5. The van der Waals surface area contributed by atoms with Crippen molar-refractivity contribution in [1.29, 1.82) is 0 Å². The van der Waals surface area contributed by atoms with Gasteiger partial charge in [0.2, 0.25) is 5.88 Å². The van der Waals surface area contributed by atoms with Crippen molar-refractivity contribution in [2.75, 3.05) is 17.7 Å². The lowest BCUT2D eigenvalue weighted by Gasteiger charge is -2.06. The van der Waals surface area contributed by atoms with Crippen LogP contribution in [0.4, 0.5) is 16.4 Å². The van der Waals surface area contributed by atoms with Crippen molar-refractivity contribution in [3.8, 4) is 17.1 Å². The van der Waals surface area contributed by atoms with Gasteiger partial charge in [0, 0.05) is 42.5 Å². The molecule has 1 aromatic carbocycles. The Morgan fingerprint density at radius 3 is 2.73 bits per heavy atom. The van der Waals surface area contributed by atoms with Crippen LogP contribution in [0.3, 0.4) is 0 Å². The molecule has 0 saturated heterocycles. The number of imidazole rings is 1. The zero-order valence-corrected chi connectivity index (χ0v) is 20.1. The highest BCUT2D eigenvalue weighted by Gasteiger charge is 2.13. The number of aliphatic imine (C=N–C) groups is 1. The summed E-state index contributed by atoms with van der Waals surface area (Å²) in [6.07, 6.45) is 10.2. The SMILES string of the molecule is C=C/C=C(\C=NC)c1cc(NC(=O)Nc2ccc(-c3cc4c(-n5cnc(C)c5)ncnc4[nH]3)cc2)on1. The molecule has 5 aromatic rings. The standard InChI is InChI=1S/C26H23N9O2/c1-4-5-18(12-27-3)22-11-23(37-34-22)33-26(36)31-19-8-6-17(7-9-19)21-10-20-24(32-21)28-14-29-25(20)35-13-16(2)30-15-35/h4-15H,1H2,2-3H3,(H,28,29,32)(H2,31,33,36)/b18-5+,27-12?. The van der Waals surface area contributed by atoms with Crippen molar-refractivity contribution in [3.05, 3.63) is 85.4 Å². The molecule has 0 saturated carbocycles. The van der Waals surface area contributed by atoms with E-state index in [1.54, 1.807) is 49.9 Å². The Hall–Kier alpha value is -5.32. The number of aromatic amines is 1. The smallest absolute Gasteiger partial charge is 0.326 e. The fourth-order valence-electron chi connectivity index (χ4n) is 3.76. The van der Waals surface area contributed by atoms with Crippen LogP contribution in [0.15, 0.2) is 83.5 Å². The van der Waals surface area contributed by atoms with Crippen molar-refractivity contribution in [3.63, 3.8) is 0 Å². The average Bonchev–Trinajstić information content (AvgIpc) is 3.64. The maximum atomic E-state index is 12.5. The Morgan fingerprint density at radius 1 is 1.16 bits per heavy atom. The van der Waals surface area contributed by atoms with Crippen LogP contribution in [0.5, 0.6) is 0 Å². The highest BCUT2D eigenvalue weighted by atomic mass is 16.5. The summed E-state index contributed by atoms with van der Waals surface area (Å²) in [6.45, 7) is 5.60. The molecule has 0 fully saturated rings. The Kier molecular flexibility index (Phi) is 6.41. The van der Waals surface area contributed by atoms with Gasteiger partial charge in [0.25, 0.3) is 0 Å². The van der Waals surface area contributed by atoms with Gasteiger partial charge in [-0.2, -0.15) is 0 Å². The predicted octanol–water partition coefficient (Wildman–Crippen LogP) is 5.02. The van der Waals surface area contributed by atoms with Gasteiger partial charge in [-0.25, -0.2) is 19.7 Å². The van der Waals surface area contributed by atoms with Gasteiger partial charge < -0.3 is 14.8 Å². The van der Waals surface area contributed by atoms with Gasteiger partial charge in [0.05, 0.1) is 11.1 Å². The molecule has 0 aliphatic heterocycles. The zero-order chi connectivity index (χ0) is 25.8. The van der Waals surface area contributed by atoms with Gasteiger partial charge in [-0.05, 0) is 30.7 Å². The quantitative estimate of drug-likeness (QED) is 0.215. The number of rotatable bonds is 7. The van der Waals surface area contributed by atoms with E-state index < -0.39 is 6.03 Å². The molecular weight excluding hydrogens is 470 g/mol. The number of nitrogens with zero attached hydrogens (tertiary/aromatic N) is 6. The number of aromatic nitrogens is 6.